The number of nitrogens with zero attached hydrogens (tertiary/aromatic N) is 3. The first-order valence-electron chi connectivity index (χ1n) is 12.2. The minimum atomic E-state index is -0.465. The summed E-state index contributed by atoms with van der Waals surface area (Å²) < 4.78 is 24.7. The number of fused-ring (bicyclic) bond motifs is 3. The third kappa shape index (κ3) is 4.10. The first kappa shape index (κ1) is 23.5. The molecule has 0 bridgehead atoms. The Morgan fingerprint density at radius 3 is 2.39 bits per heavy atom. The molecule has 0 aliphatic heterocycles. The van der Waals surface area contributed by atoms with Gasteiger partial charge in [-0.3, -0.25) is 4.57 Å². The van der Waals surface area contributed by atoms with Crippen LogP contribution in [0.15, 0.2) is 86.5 Å². The van der Waals surface area contributed by atoms with Crippen molar-refractivity contribution >= 4 is 22.0 Å². The van der Waals surface area contributed by atoms with Crippen molar-refractivity contribution in [2.24, 2.45) is 0 Å². The van der Waals surface area contributed by atoms with E-state index < -0.39 is 5.76 Å². The molecule has 0 fully saturated rings. The van der Waals surface area contributed by atoms with Crippen LogP contribution in [0.2, 0.25) is 0 Å². The minimum absolute atomic E-state index is 0.126. The Hall–Kier alpha value is -4.85. The lowest BCUT2D eigenvalue weighted by molar-refractivity contribution is 0.301. The van der Waals surface area contributed by atoms with Crippen molar-refractivity contribution in [3.8, 4) is 22.6 Å². The maximum atomic E-state index is 13.2. The molecule has 3 heterocycles. The Balaban J connectivity index is 1.60. The number of ether oxygens (including phenoxy) is 2. The number of aromatic nitrogens is 3. The SMILES string of the molecule is COc1cc2c(cc1-c1c(C)noc1C)nc(COc1ccccc1)c1oc(=O)n(Cc3ccccc3)c12. The Morgan fingerprint density at radius 2 is 1.71 bits per heavy atom. The highest BCUT2D eigenvalue weighted by Gasteiger charge is 2.23. The van der Waals surface area contributed by atoms with Crippen molar-refractivity contribution in [2.45, 2.75) is 27.0 Å². The fourth-order valence-electron chi connectivity index (χ4n) is 4.82. The van der Waals surface area contributed by atoms with E-state index in [1.54, 1.807) is 11.7 Å². The molecule has 6 aromatic rings. The average molecular weight is 508 g/mol. The molecule has 0 atom stereocenters. The van der Waals surface area contributed by atoms with Crippen molar-refractivity contribution in [1.82, 2.24) is 14.7 Å². The number of hydrogen-bond acceptors (Lipinski definition) is 7. The van der Waals surface area contributed by atoms with Crippen molar-refractivity contribution in [3.05, 3.63) is 106 Å². The van der Waals surface area contributed by atoms with E-state index in [2.05, 4.69) is 5.16 Å². The highest BCUT2D eigenvalue weighted by molar-refractivity contribution is 6.05. The Labute approximate surface area is 218 Å². The maximum absolute atomic E-state index is 13.2. The number of oxazole rings is 1. The van der Waals surface area contributed by atoms with E-state index in [0.717, 1.165) is 27.8 Å². The van der Waals surface area contributed by atoms with Crippen molar-refractivity contribution < 1.29 is 18.4 Å². The molecule has 38 heavy (non-hydrogen) atoms. The van der Waals surface area contributed by atoms with E-state index in [9.17, 15) is 4.79 Å². The van der Waals surface area contributed by atoms with Crippen LogP contribution in [-0.4, -0.2) is 21.8 Å². The normalized spacial score (nSPS) is 11.3. The highest BCUT2D eigenvalue weighted by Crippen LogP contribution is 2.39. The van der Waals surface area contributed by atoms with E-state index in [0.29, 0.717) is 46.1 Å². The van der Waals surface area contributed by atoms with Crippen LogP contribution in [0, 0.1) is 13.8 Å². The van der Waals surface area contributed by atoms with E-state index in [1.165, 1.54) is 0 Å². The molecule has 8 heteroatoms. The summed E-state index contributed by atoms with van der Waals surface area (Å²) in [6, 6.07) is 23.1. The molecule has 3 aromatic heterocycles. The fraction of sp³-hybridized carbons (Fsp3) is 0.167. The molecule has 3 aromatic carbocycles. The third-order valence-electron chi connectivity index (χ3n) is 6.59. The van der Waals surface area contributed by atoms with E-state index >= 15 is 0 Å². The third-order valence-corrected chi connectivity index (χ3v) is 6.59. The molecule has 0 amide bonds. The van der Waals surface area contributed by atoms with Gasteiger partial charge in [-0.25, -0.2) is 9.78 Å². The summed E-state index contributed by atoms with van der Waals surface area (Å²) in [5, 5.41) is 4.85. The molecule has 0 aliphatic carbocycles. The maximum Gasteiger partial charge on any atom is 0.420 e. The zero-order valence-electron chi connectivity index (χ0n) is 21.2. The topological polar surface area (TPSA) is 92.5 Å². The number of aryl methyl sites for hydroxylation is 2. The first-order chi connectivity index (χ1) is 18.5. The summed E-state index contributed by atoms with van der Waals surface area (Å²) in [6.07, 6.45) is 0. The van der Waals surface area contributed by atoms with Gasteiger partial charge in [0, 0.05) is 10.9 Å². The van der Waals surface area contributed by atoms with Crippen LogP contribution < -0.4 is 15.2 Å². The Kier molecular flexibility index (Phi) is 5.92. The lowest BCUT2D eigenvalue weighted by Gasteiger charge is -2.13. The zero-order valence-corrected chi connectivity index (χ0v) is 21.2. The number of benzene rings is 3. The number of methoxy groups -OCH3 is 1. The summed E-state index contributed by atoms with van der Waals surface area (Å²) in [4.78, 5) is 18.1. The van der Waals surface area contributed by atoms with E-state index in [4.69, 9.17) is 23.4 Å². The van der Waals surface area contributed by atoms with Crippen LogP contribution in [0.4, 0.5) is 0 Å². The van der Waals surface area contributed by atoms with Crippen LogP contribution >= 0.6 is 0 Å². The molecular weight excluding hydrogens is 482 g/mol. The summed E-state index contributed by atoms with van der Waals surface area (Å²) >= 11 is 0. The second-order valence-corrected chi connectivity index (χ2v) is 9.05. The van der Waals surface area contributed by atoms with Gasteiger partial charge in [0.15, 0.2) is 5.58 Å². The number of hydrogen-bond donors (Lipinski definition) is 0. The minimum Gasteiger partial charge on any atom is -0.496 e. The Morgan fingerprint density at radius 1 is 0.974 bits per heavy atom. The average Bonchev–Trinajstić information content (AvgIpc) is 3.45. The highest BCUT2D eigenvalue weighted by atomic mass is 16.5. The second kappa shape index (κ2) is 9.55. The molecule has 0 saturated carbocycles. The molecule has 0 spiro atoms. The standard InChI is InChI=1S/C30H25N3O5/c1-18-27(19(2)38-32-18)23-14-24-22(15-26(23)35-3)28-29(25(31-24)17-36-21-12-8-5-9-13-21)37-30(34)33(28)16-20-10-6-4-7-11-20/h4-15H,16-17H2,1-3H3. The molecule has 0 unspecified atom stereocenters. The van der Waals surface area contributed by atoms with Crippen LogP contribution in [-0.2, 0) is 13.2 Å². The lowest BCUT2D eigenvalue weighted by Crippen LogP contribution is -2.15. The van der Waals surface area contributed by atoms with Gasteiger partial charge < -0.3 is 18.4 Å². The van der Waals surface area contributed by atoms with Gasteiger partial charge in [0.25, 0.3) is 0 Å². The summed E-state index contributed by atoms with van der Waals surface area (Å²) in [6.45, 7) is 4.22. The van der Waals surface area contributed by atoms with Gasteiger partial charge in [0.05, 0.1) is 30.4 Å². The summed E-state index contributed by atoms with van der Waals surface area (Å²) in [5.74, 6) is 1.52. The molecule has 8 nitrogen and oxygen atoms in total. The molecule has 0 radical (unpaired) electrons. The Bertz CT molecular complexity index is 1800. The largest absolute Gasteiger partial charge is 0.496 e. The molecule has 0 N–H and O–H groups in total. The number of para-hydroxylation sites is 1. The zero-order chi connectivity index (χ0) is 26.2. The van der Waals surface area contributed by atoms with Gasteiger partial charge in [-0.15, -0.1) is 0 Å². The van der Waals surface area contributed by atoms with E-state index in [-0.39, 0.29) is 6.61 Å². The van der Waals surface area contributed by atoms with Gasteiger partial charge in [-0.05, 0) is 43.7 Å². The molecule has 0 saturated heterocycles. The van der Waals surface area contributed by atoms with Gasteiger partial charge >= 0.3 is 5.76 Å². The van der Waals surface area contributed by atoms with Crippen molar-refractivity contribution in [1.29, 1.82) is 0 Å². The van der Waals surface area contributed by atoms with E-state index in [1.807, 2.05) is 86.6 Å². The summed E-state index contributed by atoms with van der Waals surface area (Å²) in [5.41, 5.74) is 5.60. The summed E-state index contributed by atoms with van der Waals surface area (Å²) in [7, 11) is 1.61. The van der Waals surface area contributed by atoms with Crippen LogP contribution in [0.5, 0.6) is 11.5 Å². The number of rotatable bonds is 7. The van der Waals surface area contributed by atoms with Crippen molar-refractivity contribution in [3.63, 3.8) is 0 Å². The van der Waals surface area contributed by atoms with Gasteiger partial charge in [0.1, 0.15) is 35.1 Å². The molecule has 6 rings (SSSR count). The van der Waals surface area contributed by atoms with Gasteiger partial charge in [0.2, 0.25) is 0 Å². The predicted octanol–water partition coefficient (Wildman–Crippen LogP) is 6.05. The van der Waals surface area contributed by atoms with Crippen molar-refractivity contribution in [2.75, 3.05) is 7.11 Å². The molecule has 190 valence electrons. The quantitative estimate of drug-likeness (QED) is 0.260. The second-order valence-electron chi connectivity index (χ2n) is 9.05. The monoisotopic (exact) mass is 507 g/mol. The lowest BCUT2D eigenvalue weighted by atomic mass is 10.00. The smallest absolute Gasteiger partial charge is 0.420 e. The molecule has 0 aliphatic rings. The van der Waals surface area contributed by atoms with Crippen LogP contribution in [0.25, 0.3) is 33.1 Å². The van der Waals surface area contributed by atoms with Crippen LogP contribution in [0.1, 0.15) is 22.7 Å². The van der Waals surface area contributed by atoms with Crippen LogP contribution in [0.3, 0.4) is 0 Å². The first-order valence-corrected chi connectivity index (χ1v) is 12.2. The fourth-order valence-corrected chi connectivity index (χ4v) is 4.82. The number of pyridine rings is 1. The van der Waals surface area contributed by atoms with Gasteiger partial charge in [-0.1, -0.05) is 53.7 Å². The molecular formula is C30H25N3O5. The predicted molar refractivity (Wildman–Crippen MR) is 144 cm³/mol. The van der Waals surface area contributed by atoms with Gasteiger partial charge in [-0.2, -0.15) is 0 Å².